The van der Waals surface area contributed by atoms with Gasteiger partial charge in [-0.2, -0.15) is 0 Å². The van der Waals surface area contributed by atoms with Gasteiger partial charge in [0, 0.05) is 18.2 Å². The molecule has 0 amide bonds. The Hall–Kier alpha value is -1.26. The van der Waals surface area contributed by atoms with Gasteiger partial charge in [0.1, 0.15) is 24.7 Å². The monoisotopic (exact) mass is 263 g/mol. The van der Waals surface area contributed by atoms with Gasteiger partial charge in [0.15, 0.2) is 0 Å². The molecule has 1 fully saturated rings. The number of hydrogen-bond donors (Lipinski definition) is 1. The van der Waals surface area contributed by atoms with E-state index < -0.39 is 0 Å². The molecule has 2 aliphatic heterocycles. The van der Waals surface area contributed by atoms with E-state index in [1.165, 1.54) is 18.4 Å². The first-order valence-electron chi connectivity index (χ1n) is 7.05. The van der Waals surface area contributed by atoms with Crippen molar-refractivity contribution in [3.05, 3.63) is 23.8 Å². The van der Waals surface area contributed by atoms with Crippen molar-refractivity contribution in [2.45, 2.75) is 31.4 Å². The van der Waals surface area contributed by atoms with Gasteiger partial charge in [0.05, 0.1) is 12.1 Å². The second-order valence-electron chi connectivity index (χ2n) is 5.15. The molecule has 0 aliphatic carbocycles. The lowest BCUT2D eigenvalue weighted by Gasteiger charge is -2.22. The highest BCUT2D eigenvalue weighted by atomic mass is 16.5. The molecule has 0 spiro atoms. The second-order valence-corrected chi connectivity index (χ2v) is 5.15. The van der Waals surface area contributed by atoms with Crippen LogP contribution in [-0.4, -0.2) is 33.0 Å². The van der Waals surface area contributed by atoms with Crippen LogP contribution in [0.3, 0.4) is 0 Å². The Balaban J connectivity index is 1.60. The van der Waals surface area contributed by atoms with Crippen molar-refractivity contribution >= 4 is 0 Å². The predicted molar refractivity (Wildman–Crippen MR) is 72.8 cm³/mol. The van der Waals surface area contributed by atoms with Gasteiger partial charge in [-0.05, 0) is 38.4 Å². The zero-order valence-electron chi connectivity index (χ0n) is 11.4. The lowest BCUT2D eigenvalue weighted by molar-refractivity contribution is -0.0111. The Labute approximate surface area is 114 Å². The summed E-state index contributed by atoms with van der Waals surface area (Å²) in [5.41, 5.74) is 1.21. The molecule has 0 saturated carbocycles. The standard InChI is InChI=1S/C15H21NO3/c1-16-14-10-19-15-8-11(5-6-13(14)15)18-9-12-4-2-3-7-17-12/h5-6,8,12,14,16H,2-4,7,9-10H2,1H3. The fourth-order valence-corrected chi connectivity index (χ4v) is 2.65. The van der Waals surface area contributed by atoms with Crippen LogP contribution in [0.1, 0.15) is 30.9 Å². The Bertz CT molecular complexity index is 429. The average Bonchev–Trinajstić information content (AvgIpc) is 2.88. The molecule has 4 nitrogen and oxygen atoms in total. The van der Waals surface area contributed by atoms with Gasteiger partial charge in [-0.1, -0.05) is 0 Å². The van der Waals surface area contributed by atoms with E-state index in [-0.39, 0.29) is 6.10 Å². The number of hydrogen-bond acceptors (Lipinski definition) is 4. The smallest absolute Gasteiger partial charge is 0.127 e. The lowest BCUT2D eigenvalue weighted by Crippen LogP contribution is -2.25. The normalized spacial score (nSPS) is 25.7. The van der Waals surface area contributed by atoms with Crippen LogP contribution < -0.4 is 14.8 Å². The van der Waals surface area contributed by atoms with Gasteiger partial charge >= 0.3 is 0 Å². The fourth-order valence-electron chi connectivity index (χ4n) is 2.65. The quantitative estimate of drug-likeness (QED) is 0.904. The van der Waals surface area contributed by atoms with E-state index in [9.17, 15) is 0 Å². The summed E-state index contributed by atoms with van der Waals surface area (Å²) in [7, 11) is 1.95. The fraction of sp³-hybridized carbons (Fsp3) is 0.600. The van der Waals surface area contributed by atoms with Gasteiger partial charge in [0.2, 0.25) is 0 Å². The highest BCUT2D eigenvalue weighted by molar-refractivity contribution is 5.44. The van der Waals surface area contributed by atoms with E-state index in [4.69, 9.17) is 14.2 Å². The minimum atomic E-state index is 0.243. The summed E-state index contributed by atoms with van der Waals surface area (Å²) in [5.74, 6) is 1.80. The van der Waals surface area contributed by atoms with E-state index in [1.54, 1.807) is 0 Å². The van der Waals surface area contributed by atoms with Crippen molar-refractivity contribution in [1.82, 2.24) is 5.32 Å². The third-order valence-electron chi connectivity index (χ3n) is 3.82. The molecular formula is C15H21NO3. The molecule has 104 valence electrons. The summed E-state index contributed by atoms with van der Waals surface area (Å²) in [6.07, 6.45) is 3.76. The Morgan fingerprint density at radius 1 is 1.37 bits per heavy atom. The van der Waals surface area contributed by atoms with Crippen LogP contribution in [0, 0.1) is 0 Å². The van der Waals surface area contributed by atoms with Gasteiger partial charge in [-0.25, -0.2) is 0 Å². The molecule has 3 rings (SSSR count). The SMILES string of the molecule is CNC1COc2cc(OCC3CCCCO3)ccc21. The molecule has 1 saturated heterocycles. The predicted octanol–water partition coefficient (Wildman–Crippen LogP) is 2.29. The van der Waals surface area contributed by atoms with Crippen molar-refractivity contribution in [2.75, 3.05) is 26.9 Å². The first-order chi connectivity index (χ1) is 9.36. The van der Waals surface area contributed by atoms with Crippen LogP contribution in [0.25, 0.3) is 0 Å². The highest BCUT2D eigenvalue weighted by Crippen LogP contribution is 2.35. The van der Waals surface area contributed by atoms with Crippen LogP contribution in [0.15, 0.2) is 18.2 Å². The van der Waals surface area contributed by atoms with Gasteiger partial charge in [-0.15, -0.1) is 0 Å². The topological polar surface area (TPSA) is 39.7 Å². The Morgan fingerprint density at radius 3 is 3.11 bits per heavy atom. The number of rotatable bonds is 4. The molecule has 2 heterocycles. The molecule has 1 N–H and O–H groups in total. The maximum atomic E-state index is 5.81. The lowest BCUT2D eigenvalue weighted by atomic mass is 10.1. The summed E-state index contributed by atoms with van der Waals surface area (Å²) >= 11 is 0. The molecule has 2 atom stereocenters. The van der Waals surface area contributed by atoms with Crippen molar-refractivity contribution < 1.29 is 14.2 Å². The zero-order valence-corrected chi connectivity index (χ0v) is 11.4. The molecule has 1 aromatic rings. The number of benzene rings is 1. The van der Waals surface area contributed by atoms with Crippen molar-refractivity contribution in [2.24, 2.45) is 0 Å². The third kappa shape index (κ3) is 2.85. The molecule has 0 aromatic heterocycles. The van der Waals surface area contributed by atoms with Crippen molar-refractivity contribution in [1.29, 1.82) is 0 Å². The average molecular weight is 263 g/mol. The number of fused-ring (bicyclic) bond motifs is 1. The van der Waals surface area contributed by atoms with Gasteiger partial charge in [0.25, 0.3) is 0 Å². The van der Waals surface area contributed by atoms with Crippen LogP contribution in [-0.2, 0) is 4.74 Å². The molecule has 2 unspecified atom stereocenters. The second kappa shape index (κ2) is 5.80. The van der Waals surface area contributed by atoms with Crippen LogP contribution in [0.2, 0.25) is 0 Å². The summed E-state index contributed by atoms with van der Waals surface area (Å²) in [6.45, 7) is 2.19. The Kier molecular flexibility index (Phi) is 3.89. The molecule has 4 heteroatoms. The number of ether oxygens (including phenoxy) is 3. The molecule has 2 aliphatic rings. The highest BCUT2D eigenvalue weighted by Gasteiger charge is 2.23. The van der Waals surface area contributed by atoms with Gasteiger partial charge < -0.3 is 19.5 Å². The molecule has 0 radical (unpaired) electrons. The van der Waals surface area contributed by atoms with E-state index in [1.807, 2.05) is 19.2 Å². The summed E-state index contributed by atoms with van der Waals surface area (Å²) < 4.78 is 17.1. The van der Waals surface area contributed by atoms with Crippen molar-refractivity contribution in [3.63, 3.8) is 0 Å². The largest absolute Gasteiger partial charge is 0.491 e. The molecule has 0 bridgehead atoms. The van der Waals surface area contributed by atoms with E-state index in [0.717, 1.165) is 24.5 Å². The van der Waals surface area contributed by atoms with Gasteiger partial charge in [-0.3, -0.25) is 0 Å². The third-order valence-corrected chi connectivity index (χ3v) is 3.82. The summed E-state index contributed by atoms with van der Waals surface area (Å²) in [4.78, 5) is 0. The first kappa shape index (κ1) is 12.8. The number of nitrogens with one attached hydrogen (secondary N) is 1. The Morgan fingerprint density at radius 2 is 2.32 bits per heavy atom. The van der Waals surface area contributed by atoms with Crippen LogP contribution in [0.4, 0.5) is 0 Å². The van der Waals surface area contributed by atoms with E-state index >= 15 is 0 Å². The van der Waals surface area contributed by atoms with Crippen LogP contribution in [0.5, 0.6) is 11.5 Å². The van der Waals surface area contributed by atoms with Crippen LogP contribution >= 0.6 is 0 Å². The number of likely N-dealkylation sites (N-methyl/N-ethyl adjacent to an activating group) is 1. The van der Waals surface area contributed by atoms with E-state index in [2.05, 4.69) is 11.4 Å². The molecule has 1 aromatic carbocycles. The van der Waals surface area contributed by atoms with E-state index in [0.29, 0.717) is 19.3 Å². The molecular weight excluding hydrogens is 242 g/mol. The molecule has 19 heavy (non-hydrogen) atoms. The maximum Gasteiger partial charge on any atom is 0.127 e. The minimum absolute atomic E-state index is 0.243. The van der Waals surface area contributed by atoms with Crippen molar-refractivity contribution in [3.8, 4) is 11.5 Å². The minimum Gasteiger partial charge on any atom is -0.491 e. The maximum absolute atomic E-state index is 5.81. The summed E-state index contributed by atoms with van der Waals surface area (Å²) in [5, 5.41) is 3.24. The first-order valence-corrected chi connectivity index (χ1v) is 7.05. The summed E-state index contributed by atoms with van der Waals surface area (Å²) in [6, 6.07) is 6.38. The zero-order chi connectivity index (χ0) is 13.1.